The van der Waals surface area contributed by atoms with E-state index < -0.39 is 261 Å². The van der Waals surface area contributed by atoms with E-state index in [2.05, 4.69) is 72.0 Å². The standard InChI is InChI=1S/C71H107N17O27/c1-33(2)17-11-9-10-12-21-47(90)78-43(27-37-30-75-39-19-14-13-18-38(37)39)64(105)81-42(23-25-51(95)96)63(104)86-55(57(99)59(74)100)68(109)85-54-36(6)115-71(113)53(34(3)4)84-62(103)41(22-24-50(93)94)82-65(106)44(28-46(73)89)79-48(91)31-76-67(108)56(58(114-8)70(111)112)87-61(102)40(20-15-16-26-72)80-66(107)45(29-52(97)98)83-60(101)35(5)77-49(92)32-88(7)69(54)110/h13-14,18-19,30,33-36,40-45,53-58,75,99H,9-12,15-17,20-29,31-32,72H2,1-8H3,(H2,73,89)(H2,74,100)(H,76,108)(H,77,92)(H,78,90)(H,79,91)(H,80,107)(H,81,105)(H,82,106)(H,83,101)(H,84,103)(H,85,109)(H,86,104)(H,87,102)(H,93,94)(H,95,96)(H,97,98)(H,111,112)/t35-,36+,40+,41-,42+,43-,44+,45-,53-,54-,55-,56-,57+,58+/m0/s1. The van der Waals surface area contributed by atoms with E-state index >= 15 is 0 Å². The van der Waals surface area contributed by atoms with Crippen LogP contribution >= 0.6 is 0 Å². The number of benzene rings is 1. The lowest BCUT2D eigenvalue weighted by atomic mass is 10.0. The number of methoxy groups -OCH3 is 1. The average Bonchev–Trinajstić information content (AvgIpc) is 1.71. The third-order valence-corrected chi connectivity index (χ3v) is 18.0. The summed E-state index contributed by atoms with van der Waals surface area (Å²) in [6.45, 7) is 6.34. The van der Waals surface area contributed by atoms with E-state index in [9.17, 15) is 121 Å². The molecule has 1 aliphatic heterocycles. The number of carboxylic acid groups (broad SMARTS) is 4. The van der Waals surface area contributed by atoms with Crippen molar-refractivity contribution in [1.29, 1.82) is 0 Å². The molecule has 638 valence electrons. The maximum Gasteiger partial charge on any atom is 0.335 e. The molecule has 15 amide bonds. The maximum absolute atomic E-state index is 14.9. The number of ether oxygens (including phenoxy) is 2. The minimum Gasteiger partial charge on any atom is -0.481 e. The molecule has 0 bridgehead atoms. The average molecular weight is 1630 g/mol. The monoisotopic (exact) mass is 1630 g/mol. The molecular weight excluding hydrogens is 1520 g/mol. The minimum atomic E-state index is -2.80. The molecule has 0 spiro atoms. The minimum absolute atomic E-state index is 0.00526. The fourth-order valence-corrected chi connectivity index (χ4v) is 11.7. The van der Waals surface area contributed by atoms with Crippen LogP contribution in [0.25, 0.3) is 10.9 Å². The molecule has 0 saturated carbocycles. The number of esters is 1. The summed E-state index contributed by atoms with van der Waals surface area (Å²) in [6.07, 6.45) is -7.94. The number of primary amides is 2. The number of cyclic esters (lactones) is 1. The topological polar surface area (TPSA) is 702 Å². The van der Waals surface area contributed by atoms with Gasteiger partial charge in [-0.15, -0.1) is 0 Å². The first kappa shape index (κ1) is 97.2. The van der Waals surface area contributed by atoms with Crippen LogP contribution in [0.15, 0.2) is 30.5 Å². The van der Waals surface area contributed by atoms with E-state index in [0.717, 1.165) is 47.3 Å². The van der Waals surface area contributed by atoms with Crippen LogP contribution in [0.3, 0.4) is 0 Å². The van der Waals surface area contributed by atoms with Crippen LogP contribution in [0.1, 0.15) is 143 Å². The smallest absolute Gasteiger partial charge is 0.335 e. The fourth-order valence-electron chi connectivity index (χ4n) is 11.7. The number of carbonyl (C=O) groups is 20. The van der Waals surface area contributed by atoms with Gasteiger partial charge in [0.25, 0.3) is 0 Å². The second-order valence-electron chi connectivity index (χ2n) is 28.2. The normalized spacial score (nSPS) is 21.7. The number of fused-ring (bicyclic) bond motifs is 1. The Balaban J connectivity index is 2.26. The number of H-pyrrole nitrogens is 1. The first-order valence-electron chi connectivity index (χ1n) is 37.0. The highest BCUT2D eigenvalue weighted by Gasteiger charge is 2.43. The zero-order chi connectivity index (χ0) is 86.7. The second-order valence-corrected chi connectivity index (χ2v) is 28.2. The summed E-state index contributed by atoms with van der Waals surface area (Å²) in [7, 11) is 1.69. The fraction of sp³-hybridized carbons (Fsp3) is 0.606. The van der Waals surface area contributed by atoms with E-state index in [1.165, 1.54) is 13.8 Å². The third kappa shape index (κ3) is 33.3. The summed E-state index contributed by atoms with van der Waals surface area (Å²) in [5.41, 5.74) is 17.7. The molecule has 2 aromatic rings. The van der Waals surface area contributed by atoms with Gasteiger partial charge in [-0.1, -0.05) is 71.6 Å². The van der Waals surface area contributed by atoms with Gasteiger partial charge in [0.1, 0.15) is 72.6 Å². The Bertz CT molecular complexity index is 3830. The Kier molecular flexibility index (Phi) is 40.7. The van der Waals surface area contributed by atoms with Gasteiger partial charge in [-0.05, 0) is 82.4 Å². The number of nitrogens with zero attached hydrogens (tertiary/aromatic N) is 1. The van der Waals surface area contributed by atoms with Gasteiger partial charge in [0, 0.05) is 56.9 Å². The molecule has 14 atom stereocenters. The summed E-state index contributed by atoms with van der Waals surface area (Å²) in [5, 5.41) is 77.8. The van der Waals surface area contributed by atoms with Gasteiger partial charge >= 0.3 is 29.8 Å². The van der Waals surface area contributed by atoms with Gasteiger partial charge in [-0.3, -0.25) is 86.3 Å². The molecule has 0 aliphatic carbocycles. The summed E-state index contributed by atoms with van der Waals surface area (Å²) in [5.74, 6) is -29.2. The van der Waals surface area contributed by atoms with Crippen molar-refractivity contribution in [2.75, 3.05) is 33.8 Å². The van der Waals surface area contributed by atoms with Crippen molar-refractivity contribution in [3.8, 4) is 0 Å². The van der Waals surface area contributed by atoms with E-state index in [-0.39, 0.29) is 38.6 Å². The molecule has 3 rings (SSSR count). The van der Waals surface area contributed by atoms with Crippen LogP contribution in [0.2, 0.25) is 0 Å². The van der Waals surface area contributed by atoms with E-state index in [1.807, 2.05) is 10.6 Å². The van der Waals surface area contributed by atoms with Crippen molar-refractivity contribution in [3.63, 3.8) is 0 Å². The highest BCUT2D eigenvalue weighted by atomic mass is 16.5. The predicted molar refractivity (Wildman–Crippen MR) is 399 cm³/mol. The van der Waals surface area contributed by atoms with Gasteiger partial charge in [0.15, 0.2) is 12.2 Å². The number of aromatic nitrogens is 1. The number of nitrogens with two attached hydrogens (primary N) is 3. The van der Waals surface area contributed by atoms with Crippen LogP contribution in [-0.2, 0) is 112 Å². The van der Waals surface area contributed by atoms with Crippen molar-refractivity contribution in [2.24, 2.45) is 29.0 Å². The highest BCUT2D eigenvalue weighted by Crippen LogP contribution is 2.21. The van der Waals surface area contributed by atoms with E-state index in [1.54, 1.807) is 30.5 Å². The van der Waals surface area contributed by atoms with Crippen LogP contribution in [-0.4, -0.2) is 272 Å². The van der Waals surface area contributed by atoms with Crippen molar-refractivity contribution >= 4 is 129 Å². The molecule has 1 fully saturated rings. The number of nitrogens with one attached hydrogen (secondary N) is 13. The maximum atomic E-state index is 14.9. The number of unbranched alkanes of at least 4 members (excludes halogenated alkanes) is 4. The van der Waals surface area contributed by atoms with Gasteiger partial charge in [-0.2, -0.15) is 0 Å². The molecule has 1 aliphatic rings. The molecule has 1 saturated heterocycles. The molecule has 44 nitrogen and oxygen atoms in total. The number of para-hydroxylation sites is 1. The highest BCUT2D eigenvalue weighted by molar-refractivity contribution is 6.02. The van der Waals surface area contributed by atoms with E-state index in [0.29, 0.717) is 40.1 Å². The first-order valence-corrected chi connectivity index (χ1v) is 37.0. The Morgan fingerprint density at radius 2 is 1.19 bits per heavy atom. The SMILES string of the molecule is CO[C@@H](C(=O)O)[C@@H]1NC(=O)[C@@H](CCCCN)NC(=O)[C@H](CC(=O)O)NC(=O)[C@H](C)NC(=O)CN(C)C(=O)[C@@H](NC(=O)[C@@H](NC(=O)[C@@H](CCC(=O)O)NC(=O)[C@H](Cc2c[nH]c3ccccc23)NC(=O)CCCCCCC(C)C)[C@@H](O)C(N)=O)[C@@H](C)OC(=O)[C@H](C(C)C)NC(=O)[C@H](CCC(=O)O)NC(=O)[C@@H](CC(N)=O)NC(=O)CNC1=O. The Labute approximate surface area is 659 Å². The number of aliphatic hydroxyl groups is 1. The molecule has 1 aromatic heterocycles. The summed E-state index contributed by atoms with van der Waals surface area (Å²) in [4.78, 5) is 276. The first-order chi connectivity index (χ1) is 54.0. The molecule has 44 heteroatoms. The molecule has 24 N–H and O–H groups in total. The van der Waals surface area contributed by atoms with Gasteiger partial charge in [0.05, 0.1) is 25.9 Å². The number of rotatable bonds is 36. The predicted octanol–water partition coefficient (Wildman–Crippen LogP) is -6.61. The van der Waals surface area contributed by atoms with Gasteiger partial charge in [0.2, 0.25) is 88.6 Å². The number of likely N-dealkylation sites (N-methyl/N-ethyl adjacent to an activating group) is 1. The van der Waals surface area contributed by atoms with Crippen LogP contribution in [0.4, 0.5) is 0 Å². The van der Waals surface area contributed by atoms with Gasteiger partial charge < -0.3 is 126 Å². The number of aromatic amines is 1. The van der Waals surface area contributed by atoms with Crippen molar-refractivity contribution in [3.05, 3.63) is 36.0 Å². The van der Waals surface area contributed by atoms with Crippen molar-refractivity contribution in [2.45, 2.75) is 229 Å². The summed E-state index contributed by atoms with van der Waals surface area (Å²) < 4.78 is 10.7. The number of hydrogen-bond donors (Lipinski definition) is 21. The van der Waals surface area contributed by atoms with Gasteiger partial charge in [-0.25, -0.2) is 9.59 Å². The lowest BCUT2D eigenvalue weighted by Gasteiger charge is -2.32. The second kappa shape index (κ2) is 48.2. The molecule has 2 heterocycles. The number of aliphatic hydroxyl groups excluding tert-OH is 1. The van der Waals surface area contributed by atoms with Crippen molar-refractivity contribution in [1.82, 2.24) is 73.7 Å². The van der Waals surface area contributed by atoms with Crippen LogP contribution < -0.4 is 81.0 Å². The number of carbonyl (C=O) groups excluding carboxylic acids is 16. The zero-order valence-corrected chi connectivity index (χ0v) is 65.0. The molecule has 115 heavy (non-hydrogen) atoms. The number of hydrogen-bond acceptors (Lipinski definition) is 24. The number of carboxylic acids is 4. The number of amides is 15. The van der Waals surface area contributed by atoms with E-state index in [4.69, 9.17) is 26.7 Å². The number of aliphatic carboxylic acids is 4. The third-order valence-electron chi connectivity index (χ3n) is 18.0. The van der Waals surface area contributed by atoms with Crippen molar-refractivity contribution < 1.29 is 131 Å². The van der Waals surface area contributed by atoms with Crippen LogP contribution in [0.5, 0.6) is 0 Å². The zero-order valence-electron chi connectivity index (χ0n) is 65.0. The molecule has 1 aromatic carbocycles. The Hall–Kier alpha value is -12.0. The summed E-state index contributed by atoms with van der Waals surface area (Å²) in [6, 6.07) is -15.7. The molecule has 0 radical (unpaired) electrons. The quantitative estimate of drug-likeness (QED) is 0.0223. The Morgan fingerprint density at radius 3 is 1.77 bits per heavy atom. The molecular formula is C71H107N17O27. The Morgan fingerprint density at radius 1 is 0.609 bits per heavy atom. The lowest BCUT2D eigenvalue weighted by molar-refractivity contribution is -0.159. The molecule has 0 unspecified atom stereocenters. The largest absolute Gasteiger partial charge is 0.481 e. The summed E-state index contributed by atoms with van der Waals surface area (Å²) >= 11 is 0. The van der Waals surface area contributed by atoms with Crippen LogP contribution in [0, 0.1) is 11.8 Å². The lowest BCUT2D eigenvalue weighted by Crippen LogP contribution is -2.64.